The Hall–Kier alpha value is -3.43. The summed E-state index contributed by atoms with van der Waals surface area (Å²) in [5.74, 6) is -0.824. The fraction of sp³-hybridized carbons (Fsp3) is 0.483. The molecule has 0 saturated heterocycles. The van der Waals surface area contributed by atoms with E-state index in [1.165, 1.54) is 12.0 Å². The van der Waals surface area contributed by atoms with Crippen LogP contribution in [0.4, 0.5) is 4.79 Å². The van der Waals surface area contributed by atoms with Crippen molar-refractivity contribution in [3.8, 4) is 0 Å². The van der Waals surface area contributed by atoms with E-state index in [-0.39, 0.29) is 32.7 Å². The Morgan fingerprint density at radius 1 is 0.895 bits per heavy atom. The molecule has 0 aliphatic heterocycles. The molecule has 0 unspecified atom stereocenters. The normalized spacial score (nSPS) is 11.9. The number of nitrogens with zero attached hydrogens (tertiary/aromatic N) is 1. The fourth-order valence-electron chi connectivity index (χ4n) is 3.51. The van der Waals surface area contributed by atoms with Crippen molar-refractivity contribution >= 4 is 18.0 Å². The van der Waals surface area contributed by atoms with Gasteiger partial charge in [0.25, 0.3) is 0 Å². The highest BCUT2D eigenvalue weighted by molar-refractivity contribution is 5.75. The lowest BCUT2D eigenvalue weighted by molar-refractivity contribution is -0.155. The van der Waals surface area contributed by atoms with Crippen LogP contribution in [-0.4, -0.2) is 67.9 Å². The average Bonchev–Trinajstić information content (AvgIpc) is 2.90. The van der Waals surface area contributed by atoms with Crippen molar-refractivity contribution in [1.29, 1.82) is 0 Å². The number of hydrogen-bond acceptors (Lipinski definition) is 8. The molecular weight excluding hydrogens is 488 g/mol. The summed E-state index contributed by atoms with van der Waals surface area (Å²) in [5.41, 5.74) is 1.28. The summed E-state index contributed by atoms with van der Waals surface area (Å²) in [6.07, 6.45) is -0.138. The standard InChI is InChI=1S/C29H40N2O7/c1-29(2,3)38-26(32)15-18-31(28(34)37-22-24-13-9-6-10-14-24)19-17-30-25(27(33)35-4)16-20-36-21-23-11-7-5-8-12-23/h5-14,25,30H,15-22H2,1-4H3/t25-/m0/s1. The maximum absolute atomic E-state index is 12.8. The highest BCUT2D eigenvalue weighted by atomic mass is 16.6. The van der Waals surface area contributed by atoms with E-state index in [1.807, 2.05) is 60.7 Å². The smallest absolute Gasteiger partial charge is 0.410 e. The molecule has 2 rings (SSSR count). The first-order chi connectivity index (χ1) is 18.2. The van der Waals surface area contributed by atoms with Crippen LogP contribution in [-0.2, 0) is 41.8 Å². The predicted octanol–water partition coefficient (Wildman–Crippen LogP) is 4.10. The Bertz CT molecular complexity index is 977. The summed E-state index contributed by atoms with van der Waals surface area (Å²) in [5, 5.41) is 3.13. The van der Waals surface area contributed by atoms with Crippen molar-refractivity contribution < 1.29 is 33.3 Å². The van der Waals surface area contributed by atoms with Crippen LogP contribution >= 0.6 is 0 Å². The van der Waals surface area contributed by atoms with Gasteiger partial charge in [-0.05, 0) is 38.3 Å². The largest absolute Gasteiger partial charge is 0.468 e. The van der Waals surface area contributed by atoms with E-state index in [4.69, 9.17) is 18.9 Å². The summed E-state index contributed by atoms with van der Waals surface area (Å²) in [4.78, 5) is 38.8. The first-order valence-corrected chi connectivity index (χ1v) is 12.8. The zero-order valence-corrected chi connectivity index (χ0v) is 22.8. The van der Waals surface area contributed by atoms with Gasteiger partial charge in [-0.2, -0.15) is 0 Å². The minimum Gasteiger partial charge on any atom is -0.468 e. The summed E-state index contributed by atoms with van der Waals surface area (Å²) >= 11 is 0. The van der Waals surface area contributed by atoms with Crippen LogP contribution < -0.4 is 5.32 Å². The molecular formula is C29H40N2O7. The molecule has 0 radical (unpaired) electrons. The minimum absolute atomic E-state index is 0.0193. The van der Waals surface area contributed by atoms with E-state index in [1.54, 1.807) is 20.8 Å². The number of hydrogen-bond donors (Lipinski definition) is 1. The molecule has 1 N–H and O–H groups in total. The molecule has 0 spiro atoms. The van der Waals surface area contributed by atoms with Crippen molar-refractivity contribution in [3.63, 3.8) is 0 Å². The third kappa shape index (κ3) is 12.7. The van der Waals surface area contributed by atoms with Gasteiger partial charge in [-0.1, -0.05) is 60.7 Å². The first-order valence-electron chi connectivity index (χ1n) is 12.8. The second-order valence-electron chi connectivity index (χ2n) is 9.72. The molecule has 1 amide bonds. The number of benzene rings is 2. The second kappa shape index (κ2) is 16.4. The van der Waals surface area contributed by atoms with Gasteiger partial charge in [0.1, 0.15) is 18.2 Å². The van der Waals surface area contributed by atoms with Crippen molar-refractivity contribution in [3.05, 3.63) is 71.8 Å². The molecule has 208 valence electrons. The monoisotopic (exact) mass is 528 g/mol. The van der Waals surface area contributed by atoms with Crippen molar-refractivity contribution in [1.82, 2.24) is 10.2 Å². The summed E-state index contributed by atoms with van der Waals surface area (Å²) < 4.78 is 21.5. The van der Waals surface area contributed by atoms with E-state index in [0.717, 1.165) is 11.1 Å². The number of carbonyl (C=O) groups is 3. The molecule has 0 aliphatic rings. The van der Waals surface area contributed by atoms with E-state index >= 15 is 0 Å². The van der Waals surface area contributed by atoms with E-state index in [2.05, 4.69) is 5.32 Å². The molecule has 0 saturated carbocycles. The lowest BCUT2D eigenvalue weighted by Gasteiger charge is -2.25. The quantitative estimate of drug-likeness (QED) is 0.209. The molecule has 0 bridgehead atoms. The highest BCUT2D eigenvalue weighted by Crippen LogP contribution is 2.10. The first kappa shape index (κ1) is 30.8. The number of rotatable bonds is 15. The Kier molecular flexibility index (Phi) is 13.3. The molecule has 38 heavy (non-hydrogen) atoms. The molecule has 0 aromatic heterocycles. The number of methoxy groups -OCH3 is 1. The zero-order valence-electron chi connectivity index (χ0n) is 22.8. The Morgan fingerprint density at radius 2 is 1.50 bits per heavy atom. The minimum atomic E-state index is -0.617. The van der Waals surface area contributed by atoms with Gasteiger partial charge in [0.15, 0.2) is 0 Å². The van der Waals surface area contributed by atoms with Gasteiger partial charge >= 0.3 is 18.0 Å². The highest BCUT2D eigenvalue weighted by Gasteiger charge is 2.22. The van der Waals surface area contributed by atoms with Crippen molar-refractivity contribution in [2.24, 2.45) is 0 Å². The van der Waals surface area contributed by atoms with Crippen LogP contribution in [0.15, 0.2) is 60.7 Å². The average molecular weight is 529 g/mol. The van der Waals surface area contributed by atoms with Crippen molar-refractivity contribution in [2.45, 2.75) is 58.5 Å². The number of amides is 1. The Labute approximate surface area is 225 Å². The summed E-state index contributed by atoms with van der Waals surface area (Å²) in [6, 6.07) is 18.5. The fourth-order valence-corrected chi connectivity index (χ4v) is 3.51. The van der Waals surface area contributed by atoms with Gasteiger partial charge in [0.2, 0.25) is 0 Å². The number of ether oxygens (including phenoxy) is 4. The topological polar surface area (TPSA) is 103 Å². The molecule has 0 heterocycles. The van der Waals surface area contributed by atoms with Crippen LogP contribution in [0.5, 0.6) is 0 Å². The molecule has 0 aliphatic carbocycles. The van der Waals surface area contributed by atoms with Crippen LogP contribution in [0.2, 0.25) is 0 Å². The van der Waals surface area contributed by atoms with E-state index in [0.29, 0.717) is 19.6 Å². The third-order valence-electron chi connectivity index (χ3n) is 5.39. The van der Waals surface area contributed by atoms with Crippen molar-refractivity contribution in [2.75, 3.05) is 33.4 Å². The molecule has 9 heteroatoms. The molecule has 9 nitrogen and oxygen atoms in total. The van der Waals surface area contributed by atoms with Gasteiger partial charge in [0, 0.05) is 26.2 Å². The molecule has 2 aromatic carbocycles. The van der Waals surface area contributed by atoms with Crippen LogP contribution in [0, 0.1) is 0 Å². The van der Waals surface area contributed by atoms with Crippen LogP contribution in [0.3, 0.4) is 0 Å². The molecule has 1 atom stereocenters. The predicted molar refractivity (Wildman–Crippen MR) is 143 cm³/mol. The van der Waals surface area contributed by atoms with Crippen LogP contribution in [0.1, 0.15) is 44.7 Å². The van der Waals surface area contributed by atoms with Gasteiger partial charge in [-0.25, -0.2) is 4.79 Å². The number of esters is 2. The van der Waals surface area contributed by atoms with E-state index < -0.39 is 29.7 Å². The summed E-state index contributed by atoms with van der Waals surface area (Å²) in [6.45, 7) is 6.89. The maximum Gasteiger partial charge on any atom is 0.410 e. The van der Waals surface area contributed by atoms with E-state index in [9.17, 15) is 14.4 Å². The SMILES string of the molecule is COC(=O)[C@H](CCOCc1ccccc1)NCCN(CCC(=O)OC(C)(C)C)C(=O)OCc1ccccc1. The lowest BCUT2D eigenvalue weighted by Crippen LogP contribution is -2.44. The number of nitrogens with one attached hydrogen (secondary N) is 1. The second-order valence-corrected chi connectivity index (χ2v) is 9.72. The van der Waals surface area contributed by atoms with Gasteiger partial charge in [0.05, 0.1) is 20.1 Å². The Morgan fingerprint density at radius 3 is 2.08 bits per heavy atom. The number of carbonyl (C=O) groups excluding carboxylic acids is 3. The maximum atomic E-state index is 12.8. The molecule has 2 aromatic rings. The van der Waals surface area contributed by atoms with Gasteiger partial charge in [-0.3, -0.25) is 9.59 Å². The van der Waals surface area contributed by atoms with Gasteiger partial charge < -0.3 is 29.2 Å². The van der Waals surface area contributed by atoms with Crippen LogP contribution in [0.25, 0.3) is 0 Å². The zero-order chi connectivity index (χ0) is 27.8. The summed E-state index contributed by atoms with van der Waals surface area (Å²) in [7, 11) is 1.33. The third-order valence-corrected chi connectivity index (χ3v) is 5.39. The Balaban J connectivity index is 1.89. The van der Waals surface area contributed by atoms with Gasteiger partial charge in [-0.15, -0.1) is 0 Å². The lowest BCUT2D eigenvalue weighted by atomic mass is 10.2. The molecule has 0 fully saturated rings.